The van der Waals surface area contributed by atoms with Crippen LogP contribution in [-0.2, 0) is 4.79 Å². The van der Waals surface area contributed by atoms with Crippen LogP contribution in [0.3, 0.4) is 0 Å². The van der Waals surface area contributed by atoms with Crippen LogP contribution >= 0.6 is 11.3 Å². The summed E-state index contributed by atoms with van der Waals surface area (Å²) in [7, 11) is 0. The second kappa shape index (κ2) is 9.03. The maximum atomic E-state index is 12.6. The number of hydrogen-bond donors (Lipinski definition) is 2. The zero-order chi connectivity index (χ0) is 23.9. The van der Waals surface area contributed by atoms with Crippen LogP contribution < -0.4 is 10.6 Å². The predicted octanol–water partition coefficient (Wildman–Crippen LogP) is 3.92. The van der Waals surface area contributed by atoms with Crippen LogP contribution in [0.15, 0.2) is 35.3 Å². The number of imide groups is 1. The van der Waals surface area contributed by atoms with Crippen molar-refractivity contribution in [2.45, 2.75) is 39.2 Å². The van der Waals surface area contributed by atoms with Gasteiger partial charge in [0.25, 0.3) is 5.91 Å². The highest BCUT2D eigenvalue weighted by atomic mass is 32.1. The summed E-state index contributed by atoms with van der Waals surface area (Å²) in [6.07, 6.45) is 1.39. The number of amides is 3. The highest BCUT2D eigenvalue weighted by Crippen LogP contribution is 2.39. The Hall–Kier alpha value is -2.91. The third kappa shape index (κ3) is 4.18. The standard InChI is InChI=1S/C25H32N6O2S/c1-4-25(3)23(32)31(24(33)28-25)11-7-10-29-12-14-30(15-13-29)21-18-16-17(2)34-22(18)27-20-9-6-5-8-19(20)26-21/h5-6,8-9,16,27H,4,7,10-15H2,1-3H3,(H,28,33). The summed E-state index contributed by atoms with van der Waals surface area (Å²) in [5.74, 6) is 0.932. The monoisotopic (exact) mass is 480 g/mol. The van der Waals surface area contributed by atoms with Crippen molar-refractivity contribution in [2.75, 3.05) is 44.6 Å². The van der Waals surface area contributed by atoms with E-state index in [1.165, 1.54) is 15.3 Å². The molecule has 0 bridgehead atoms. The summed E-state index contributed by atoms with van der Waals surface area (Å²) in [6.45, 7) is 10.8. The van der Waals surface area contributed by atoms with Gasteiger partial charge in [-0.2, -0.15) is 0 Å². The van der Waals surface area contributed by atoms with Gasteiger partial charge in [0.2, 0.25) is 0 Å². The summed E-state index contributed by atoms with van der Waals surface area (Å²) >= 11 is 1.77. The molecule has 5 rings (SSSR count). The number of hydrogen-bond acceptors (Lipinski definition) is 7. The normalized spacial score (nSPS) is 22.6. The number of amidine groups is 1. The molecular weight excluding hydrogens is 448 g/mol. The molecule has 3 aliphatic rings. The van der Waals surface area contributed by atoms with Crippen molar-refractivity contribution in [3.63, 3.8) is 0 Å². The van der Waals surface area contributed by atoms with Crippen LogP contribution in [0.25, 0.3) is 0 Å². The smallest absolute Gasteiger partial charge is 0.325 e. The van der Waals surface area contributed by atoms with E-state index in [2.05, 4.69) is 45.6 Å². The number of aliphatic imine (C=N–C) groups is 1. The molecule has 3 aliphatic heterocycles. The number of rotatable bonds is 5. The van der Waals surface area contributed by atoms with Crippen LogP contribution in [0.5, 0.6) is 0 Å². The Kier molecular flexibility index (Phi) is 6.07. The van der Waals surface area contributed by atoms with Gasteiger partial charge in [-0.15, -0.1) is 11.3 Å². The van der Waals surface area contributed by atoms with Gasteiger partial charge in [0.1, 0.15) is 16.4 Å². The Morgan fingerprint density at radius 1 is 1.12 bits per heavy atom. The summed E-state index contributed by atoms with van der Waals surface area (Å²) in [5, 5.41) is 7.56. The minimum atomic E-state index is -0.755. The van der Waals surface area contributed by atoms with Crippen LogP contribution in [0.4, 0.5) is 21.2 Å². The molecule has 2 aromatic rings. The number of benzene rings is 1. The van der Waals surface area contributed by atoms with Crippen molar-refractivity contribution in [3.05, 3.63) is 40.8 Å². The second-order valence-electron chi connectivity index (χ2n) is 9.43. The van der Waals surface area contributed by atoms with Gasteiger partial charge in [-0.1, -0.05) is 19.1 Å². The Balaban J connectivity index is 1.21. The summed E-state index contributed by atoms with van der Waals surface area (Å²) in [5.41, 5.74) is 2.42. The minimum Gasteiger partial charge on any atom is -0.353 e. The molecule has 2 saturated heterocycles. The quantitative estimate of drug-likeness (QED) is 0.634. The lowest BCUT2D eigenvalue weighted by atomic mass is 9.99. The fourth-order valence-electron chi connectivity index (χ4n) is 4.81. The number of anilines is 2. The van der Waals surface area contributed by atoms with E-state index in [1.54, 1.807) is 18.3 Å². The molecule has 1 atom stereocenters. The third-order valence-corrected chi connectivity index (χ3v) is 8.02. The Morgan fingerprint density at radius 3 is 2.62 bits per heavy atom. The Morgan fingerprint density at radius 2 is 1.88 bits per heavy atom. The van der Waals surface area contributed by atoms with E-state index in [4.69, 9.17) is 4.99 Å². The van der Waals surface area contributed by atoms with Crippen molar-refractivity contribution in [1.29, 1.82) is 0 Å². The molecule has 1 unspecified atom stereocenters. The van der Waals surface area contributed by atoms with E-state index in [9.17, 15) is 9.59 Å². The van der Waals surface area contributed by atoms with Crippen LogP contribution in [0.1, 0.15) is 37.1 Å². The number of piperazine rings is 1. The van der Waals surface area contributed by atoms with E-state index in [0.29, 0.717) is 13.0 Å². The number of urea groups is 1. The van der Waals surface area contributed by atoms with Crippen molar-refractivity contribution >= 4 is 45.5 Å². The SMILES string of the molecule is CCC1(C)NC(=O)N(CCCN2CCN(C3=Nc4ccccc4Nc4sc(C)cc43)CC2)C1=O. The van der Waals surface area contributed by atoms with E-state index < -0.39 is 5.54 Å². The van der Waals surface area contributed by atoms with E-state index in [0.717, 1.165) is 61.4 Å². The first-order valence-corrected chi connectivity index (χ1v) is 12.9. The first kappa shape index (κ1) is 22.9. The van der Waals surface area contributed by atoms with Gasteiger partial charge in [-0.25, -0.2) is 9.79 Å². The van der Waals surface area contributed by atoms with E-state index in [-0.39, 0.29) is 11.9 Å². The molecule has 3 amide bonds. The van der Waals surface area contributed by atoms with Gasteiger partial charge in [0.05, 0.1) is 16.9 Å². The number of nitrogens with one attached hydrogen (secondary N) is 2. The fourth-order valence-corrected chi connectivity index (χ4v) is 5.73. The van der Waals surface area contributed by atoms with Gasteiger partial charge in [0.15, 0.2) is 0 Å². The number of thiophene rings is 1. The molecule has 0 spiro atoms. The third-order valence-electron chi connectivity index (χ3n) is 7.05. The van der Waals surface area contributed by atoms with Crippen LogP contribution in [0, 0.1) is 6.92 Å². The predicted molar refractivity (Wildman–Crippen MR) is 137 cm³/mol. The lowest BCUT2D eigenvalue weighted by Gasteiger charge is -2.36. The fraction of sp³-hybridized carbons (Fsp3) is 0.480. The molecule has 9 heteroatoms. The maximum absolute atomic E-state index is 12.6. The maximum Gasteiger partial charge on any atom is 0.325 e. The number of aryl methyl sites for hydroxylation is 1. The van der Waals surface area contributed by atoms with Gasteiger partial charge < -0.3 is 15.5 Å². The molecule has 1 aromatic heterocycles. The van der Waals surface area contributed by atoms with Crippen molar-refractivity contribution in [2.24, 2.45) is 4.99 Å². The molecule has 0 aliphatic carbocycles. The summed E-state index contributed by atoms with van der Waals surface area (Å²) in [4.78, 5) is 37.3. The molecule has 180 valence electrons. The van der Waals surface area contributed by atoms with Gasteiger partial charge in [-0.3, -0.25) is 14.6 Å². The zero-order valence-corrected chi connectivity index (χ0v) is 20.9. The number of nitrogens with zero attached hydrogens (tertiary/aromatic N) is 4. The first-order chi connectivity index (χ1) is 16.4. The number of carbonyl (C=O) groups is 2. The molecule has 0 radical (unpaired) electrons. The molecule has 1 aromatic carbocycles. The molecule has 2 fully saturated rings. The number of carbonyl (C=O) groups excluding carboxylic acids is 2. The Bertz CT molecular complexity index is 1140. The lowest BCUT2D eigenvalue weighted by molar-refractivity contribution is -0.130. The molecule has 0 saturated carbocycles. The van der Waals surface area contributed by atoms with Gasteiger partial charge in [-0.05, 0) is 51.4 Å². The molecule has 2 N–H and O–H groups in total. The Labute approximate surface area is 204 Å². The lowest BCUT2D eigenvalue weighted by Crippen LogP contribution is -2.49. The minimum absolute atomic E-state index is 0.105. The van der Waals surface area contributed by atoms with Crippen molar-refractivity contribution in [3.8, 4) is 0 Å². The second-order valence-corrected chi connectivity index (χ2v) is 10.7. The van der Waals surface area contributed by atoms with E-state index in [1.807, 2.05) is 19.1 Å². The highest BCUT2D eigenvalue weighted by molar-refractivity contribution is 7.16. The molecular formula is C25H32N6O2S. The average molecular weight is 481 g/mol. The summed E-state index contributed by atoms with van der Waals surface area (Å²) in [6, 6.07) is 10.2. The first-order valence-electron chi connectivity index (χ1n) is 12.0. The average Bonchev–Trinajstić information content (AvgIpc) is 3.24. The molecule has 4 heterocycles. The number of para-hydroxylation sites is 2. The van der Waals surface area contributed by atoms with Gasteiger partial charge in [0, 0.05) is 37.6 Å². The summed E-state index contributed by atoms with van der Waals surface area (Å²) < 4.78 is 0. The van der Waals surface area contributed by atoms with Crippen LogP contribution in [0.2, 0.25) is 0 Å². The van der Waals surface area contributed by atoms with Crippen molar-refractivity contribution in [1.82, 2.24) is 20.0 Å². The van der Waals surface area contributed by atoms with Crippen LogP contribution in [-0.4, -0.2) is 77.3 Å². The van der Waals surface area contributed by atoms with E-state index >= 15 is 0 Å². The number of fused-ring (bicyclic) bond motifs is 2. The highest BCUT2D eigenvalue weighted by Gasteiger charge is 2.46. The zero-order valence-electron chi connectivity index (χ0n) is 20.1. The molecule has 34 heavy (non-hydrogen) atoms. The molecule has 8 nitrogen and oxygen atoms in total. The van der Waals surface area contributed by atoms with Crippen molar-refractivity contribution < 1.29 is 9.59 Å². The van der Waals surface area contributed by atoms with Gasteiger partial charge >= 0.3 is 6.03 Å². The largest absolute Gasteiger partial charge is 0.353 e. The topological polar surface area (TPSA) is 80.3 Å².